The van der Waals surface area contributed by atoms with E-state index in [1.54, 1.807) is 12.1 Å². The summed E-state index contributed by atoms with van der Waals surface area (Å²) in [7, 11) is 0. The Hall–Kier alpha value is -4.42. The minimum atomic E-state index is -0.746. The Bertz CT molecular complexity index is 1260. The smallest absolute Gasteiger partial charge is 0.297 e. The molecular formula is C14H7N9O4. The number of hydrogen-bond acceptors (Lipinski definition) is 12. The van der Waals surface area contributed by atoms with Gasteiger partial charge in [-0.15, -0.1) is 0 Å². The van der Waals surface area contributed by atoms with E-state index in [9.17, 15) is 9.90 Å². The molecule has 1 aliphatic rings. The molecule has 3 aromatic heterocycles. The molecule has 1 aromatic carbocycles. The van der Waals surface area contributed by atoms with Crippen LogP contribution < -0.4 is 11.2 Å². The number of carbonyl (C=O) groups is 1. The lowest BCUT2D eigenvalue weighted by Gasteiger charge is -2.03. The Morgan fingerprint density at radius 3 is 2.56 bits per heavy atom. The van der Waals surface area contributed by atoms with Gasteiger partial charge >= 0.3 is 0 Å². The highest BCUT2D eigenvalue weighted by Gasteiger charge is 2.32. The van der Waals surface area contributed by atoms with Crippen molar-refractivity contribution in [1.29, 1.82) is 0 Å². The Kier molecular flexibility index (Phi) is 2.91. The molecule has 1 amide bonds. The summed E-state index contributed by atoms with van der Waals surface area (Å²) in [6.45, 7) is 0. The molecule has 132 valence electrons. The van der Waals surface area contributed by atoms with E-state index in [1.807, 2.05) is 0 Å². The van der Waals surface area contributed by atoms with Gasteiger partial charge in [0, 0.05) is 5.56 Å². The summed E-state index contributed by atoms with van der Waals surface area (Å²) in [5.41, 5.74) is 9.72. The topological polar surface area (TPSA) is 191 Å². The first kappa shape index (κ1) is 14.9. The molecule has 4 aromatic rings. The van der Waals surface area contributed by atoms with Crippen molar-refractivity contribution in [2.75, 3.05) is 5.73 Å². The lowest BCUT2D eigenvalue weighted by atomic mass is 10.1. The second-order valence-corrected chi connectivity index (χ2v) is 5.43. The minimum Gasteiger partial charge on any atom is -0.507 e. The molecule has 0 saturated heterocycles. The van der Waals surface area contributed by atoms with Gasteiger partial charge in [0.2, 0.25) is 22.8 Å². The van der Waals surface area contributed by atoms with Crippen molar-refractivity contribution < 1.29 is 19.2 Å². The summed E-state index contributed by atoms with van der Waals surface area (Å²) in [6, 6.07) is 4.85. The van der Waals surface area contributed by atoms with Gasteiger partial charge in [-0.2, -0.15) is 5.10 Å². The number of hydrazone groups is 1. The number of aromatic nitrogens is 6. The number of nitrogens with one attached hydrogen (secondary N) is 1. The Morgan fingerprint density at radius 1 is 1.07 bits per heavy atom. The molecule has 0 atom stereocenters. The van der Waals surface area contributed by atoms with Gasteiger partial charge in [-0.25, -0.2) is 24.7 Å². The fourth-order valence-corrected chi connectivity index (χ4v) is 2.72. The lowest BCUT2D eigenvalue weighted by Crippen LogP contribution is -2.21. The number of nitrogen functional groups attached to an aromatic ring is 1. The van der Waals surface area contributed by atoms with Crippen molar-refractivity contribution >= 4 is 28.7 Å². The number of amides is 1. The maximum Gasteiger partial charge on any atom is 0.297 e. The number of fused-ring (bicyclic) bond motifs is 4. The molecule has 0 saturated carbocycles. The van der Waals surface area contributed by atoms with Gasteiger partial charge in [-0.3, -0.25) is 4.79 Å². The van der Waals surface area contributed by atoms with Gasteiger partial charge in [-0.05, 0) is 26.7 Å². The number of phenolic OH excluding ortho intramolecular Hbond substituents is 1. The molecule has 1 aliphatic carbocycles. The average molecular weight is 365 g/mol. The van der Waals surface area contributed by atoms with Crippen LogP contribution in [-0.4, -0.2) is 47.3 Å². The number of hydrogen-bond donors (Lipinski definition) is 3. The molecule has 3 heterocycles. The van der Waals surface area contributed by atoms with Crippen LogP contribution in [-0.2, 0) is 0 Å². The van der Waals surface area contributed by atoms with Crippen LogP contribution in [0.2, 0.25) is 0 Å². The summed E-state index contributed by atoms with van der Waals surface area (Å²) < 4.78 is 9.01. The molecule has 0 spiro atoms. The standard InChI is InChI=1S/C14H7N9O4/c15-11-10(20-26-21-11)14(25)19-18-8-6-4(2-1-3-5(6)24)7-9(8)17-13-12(16-7)22-27-23-13/h1-3,24H,(H2,15,21)(H,19,25)/b18-8-. The molecular weight excluding hydrogens is 358 g/mol. The maximum atomic E-state index is 12.2. The molecule has 0 unspecified atom stereocenters. The number of carbonyl (C=O) groups excluding carboxylic acids is 1. The zero-order valence-electron chi connectivity index (χ0n) is 13.1. The SMILES string of the molecule is Nc1nonc1C(=O)N/N=C1\c2nc3nonc3nc2-c2cccc(O)c21. The fourth-order valence-electron chi connectivity index (χ4n) is 2.72. The van der Waals surface area contributed by atoms with Gasteiger partial charge in [0.05, 0.1) is 5.56 Å². The van der Waals surface area contributed by atoms with Crippen molar-refractivity contribution in [2.24, 2.45) is 5.10 Å². The summed E-state index contributed by atoms with van der Waals surface area (Å²) >= 11 is 0. The van der Waals surface area contributed by atoms with Crippen LogP contribution in [0.4, 0.5) is 5.82 Å². The van der Waals surface area contributed by atoms with Crippen LogP contribution in [0, 0.1) is 0 Å². The van der Waals surface area contributed by atoms with Gasteiger partial charge in [0.15, 0.2) is 0 Å². The third-order valence-corrected chi connectivity index (χ3v) is 3.87. The number of aromatic hydroxyl groups is 1. The third-order valence-electron chi connectivity index (χ3n) is 3.87. The highest BCUT2D eigenvalue weighted by molar-refractivity contribution is 6.24. The van der Waals surface area contributed by atoms with E-state index in [2.05, 4.69) is 50.4 Å². The fraction of sp³-hybridized carbons (Fsp3) is 0. The predicted molar refractivity (Wildman–Crippen MR) is 86.3 cm³/mol. The van der Waals surface area contributed by atoms with E-state index in [0.29, 0.717) is 22.5 Å². The second-order valence-electron chi connectivity index (χ2n) is 5.43. The number of nitrogens with two attached hydrogens (primary N) is 1. The Labute approximate surface area is 147 Å². The summed E-state index contributed by atoms with van der Waals surface area (Å²) in [5.74, 6) is -0.991. The number of nitrogens with zero attached hydrogens (tertiary/aromatic N) is 7. The van der Waals surface area contributed by atoms with Crippen LogP contribution in [0.5, 0.6) is 5.75 Å². The number of rotatable bonds is 2. The third kappa shape index (κ3) is 2.11. The van der Waals surface area contributed by atoms with Crippen molar-refractivity contribution in [3.63, 3.8) is 0 Å². The van der Waals surface area contributed by atoms with Gasteiger partial charge < -0.3 is 10.8 Å². The molecule has 0 radical (unpaired) electrons. The van der Waals surface area contributed by atoms with E-state index in [4.69, 9.17) is 5.73 Å². The molecule has 13 heteroatoms. The monoisotopic (exact) mass is 365 g/mol. The van der Waals surface area contributed by atoms with Crippen molar-refractivity contribution in [3.05, 3.63) is 35.2 Å². The van der Waals surface area contributed by atoms with E-state index in [1.165, 1.54) is 6.07 Å². The predicted octanol–water partition coefficient (Wildman–Crippen LogP) is -0.154. The Balaban J connectivity index is 1.66. The summed E-state index contributed by atoms with van der Waals surface area (Å²) in [5, 5.41) is 28.4. The summed E-state index contributed by atoms with van der Waals surface area (Å²) in [6.07, 6.45) is 0. The molecule has 0 bridgehead atoms. The van der Waals surface area contributed by atoms with Crippen LogP contribution in [0.25, 0.3) is 22.6 Å². The van der Waals surface area contributed by atoms with Crippen LogP contribution in [0.3, 0.4) is 0 Å². The van der Waals surface area contributed by atoms with E-state index in [0.717, 1.165) is 0 Å². The molecule has 0 aliphatic heterocycles. The minimum absolute atomic E-state index is 0.0618. The first-order valence-corrected chi connectivity index (χ1v) is 7.43. The van der Waals surface area contributed by atoms with Gasteiger partial charge in [-0.1, -0.05) is 12.1 Å². The first-order valence-electron chi connectivity index (χ1n) is 7.43. The van der Waals surface area contributed by atoms with E-state index in [-0.39, 0.29) is 34.3 Å². The largest absolute Gasteiger partial charge is 0.507 e. The lowest BCUT2D eigenvalue weighted by molar-refractivity contribution is 0.0945. The quantitative estimate of drug-likeness (QED) is 0.352. The van der Waals surface area contributed by atoms with Crippen molar-refractivity contribution in [3.8, 4) is 17.0 Å². The summed E-state index contributed by atoms with van der Waals surface area (Å²) in [4.78, 5) is 20.8. The normalized spacial score (nSPS) is 13.7. The van der Waals surface area contributed by atoms with Gasteiger partial charge in [0.25, 0.3) is 5.91 Å². The number of anilines is 1. The second kappa shape index (κ2) is 5.29. The average Bonchev–Trinajstić information content (AvgIpc) is 3.36. The van der Waals surface area contributed by atoms with Crippen LogP contribution >= 0.6 is 0 Å². The number of phenols is 1. The van der Waals surface area contributed by atoms with Crippen molar-refractivity contribution in [1.82, 2.24) is 36.0 Å². The highest BCUT2D eigenvalue weighted by atomic mass is 16.6. The first-order chi connectivity index (χ1) is 13.1. The van der Waals surface area contributed by atoms with Crippen LogP contribution in [0.1, 0.15) is 21.7 Å². The molecule has 4 N–H and O–H groups in total. The van der Waals surface area contributed by atoms with Gasteiger partial charge in [0.1, 0.15) is 22.8 Å². The molecule has 27 heavy (non-hydrogen) atoms. The zero-order valence-corrected chi connectivity index (χ0v) is 13.1. The highest BCUT2D eigenvalue weighted by Crippen LogP contribution is 2.39. The molecule has 5 rings (SSSR count). The van der Waals surface area contributed by atoms with Crippen LogP contribution in [0.15, 0.2) is 32.6 Å². The van der Waals surface area contributed by atoms with E-state index >= 15 is 0 Å². The van der Waals surface area contributed by atoms with E-state index < -0.39 is 5.91 Å². The maximum absolute atomic E-state index is 12.2. The molecule has 0 fully saturated rings. The zero-order chi connectivity index (χ0) is 18.5. The molecule has 13 nitrogen and oxygen atoms in total. The van der Waals surface area contributed by atoms with Crippen molar-refractivity contribution in [2.45, 2.75) is 0 Å². The number of benzene rings is 1. The Morgan fingerprint density at radius 2 is 1.81 bits per heavy atom.